The summed E-state index contributed by atoms with van der Waals surface area (Å²) in [7, 11) is 1.57. The Labute approximate surface area is 137 Å². The van der Waals surface area contributed by atoms with Crippen LogP contribution in [0.3, 0.4) is 0 Å². The fourth-order valence-corrected chi connectivity index (χ4v) is 1.53. The molecule has 0 saturated carbocycles. The fraction of sp³-hybridized carbons (Fsp3) is 0.368. The molecule has 1 aromatic carbocycles. The zero-order chi connectivity index (χ0) is 17.8. The van der Waals surface area contributed by atoms with Crippen molar-refractivity contribution in [2.45, 2.75) is 40.5 Å². The maximum atomic E-state index is 11.9. The minimum atomic E-state index is -0.415. The van der Waals surface area contributed by atoms with Gasteiger partial charge in [-0.1, -0.05) is 77.4 Å². The Morgan fingerprint density at radius 2 is 1.61 bits per heavy atom. The van der Waals surface area contributed by atoms with E-state index in [9.17, 15) is 9.59 Å². The van der Waals surface area contributed by atoms with Crippen molar-refractivity contribution in [1.82, 2.24) is 9.55 Å². The summed E-state index contributed by atoms with van der Waals surface area (Å²) in [5.74, 6) is 0. The largest absolute Gasteiger partial charge is 0.308 e. The molecule has 0 bridgehead atoms. The quantitative estimate of drug-likeness (QED) is 0.923. The van der Waals surface area contributed by atoms with Gasteiger partial charge in [0, 0.05) is 7.05 Å². The lowest BCUT2D eigenvalue weighted by molar-refractivity contribution is 0.764. The monoisotopic (exact) mass is 316 g/mol. The molecule has 0 amide bonds. The molecular weight excluding hydrogens is 288 g/mol. The van der Waals surface area contributed by atoms with Gasteiger partial charge in [0.05, 0.1) is 0 Å². The van der Waals surface area contributed by atoms with E-state index in [1.165, 1.54) is 17.4 Å². The Hall–Kier alpha value is -2.36. The van der Waals surface area contributed by atoms with Crippen molar-refractivity contribution < 1.29 is 0 Å². The highest BCUT2D eigenvalue weighted by Gasteiger charge is 1.99. The first kappa shape index (κ1) is 20.6. The van der Waals surface area contributed by atoms with Crippen LogP contribution in [0.5, 0.6) is 0 Å². The average molecular weight is 316 g/mol. The molecular formula is C19H28N2O2. The van der Waals surface area contributed by atoms with E-state index in [2.05, 4.69) is 25.4 Å². The van der Waals surface area contributed by atoms with E-state index in [1.54, 1.807) is 13.1 Å². The standard InChI is InChI=1S/C13H12N2O2.C4H10.C2H6/c1-9-14-12(16)11(13(17)15(9)2)8-10-6-4-3-5-7-10;1-3-4-2;1-2/h3-8H,1H2,2H3,(H,14,16);3-4H2,1-2H3;1-2H3/b11-8-;;. The van der Waals surface area contributed by atoms with Gasteiger partial charge >= 0.3 is 0 Å². The molecule has 4 nitrogen and oxygen atoms in total. The summed E-state index contributed by atoms with van der Waals surface area (Å²) >= 11 is 0. The molecule has 1 aromatic heterocycles. The van der Waals surface area contributed by atoms with Crippen molar-refractivity contribution >= 4 is 12.7 Å². The summed E-state index contributed by atoms with van der Waals surface area (Å²) in [5.41, 5.74) is 0.349. The van der Waals surface area contributed by atoms with Gasteiger partial charge in [-0.25, -0.2) is 0 Å². The van der Waals surface area contributed by atoms with Crippen LogP contribution in [0.4, 0.5) is 0 Å². The third-order valence-electron chi connectivity index (χ3n) is 3.05. The lowest BCUT2D eigenvalue weighted by Gasteiger charge is -1.97. The number of rotatable bonds is 2. The second-order valence-electron chi connectivity index (χ2n) is 4.73. The number of H-pyrrole nitrogens is 1. The molecule has 0 aliphatic rings. The van der Waals surface area contributed by atoms with Crippen LogP contribution in [-0.2, 0) is 7.05 Å². The number of hydrogen-bond donors (Lipinski definition) is 1. The first-order chi connectivity index (χ1) is 11.0. The molecule has 0 aliphatic heterocycles. The summed E-state index contributed by atoms with van der Waals surface area (Å²) in [6.45, 7) is 11.9. The molecule has 0 atom stereocenters. The van der Waals surface area contributed by atoms with E-state index in [4.69, 9.17) is 0 Å². The van der Waals surface area contributed by atoms with Crippen molar-refractivity contribution in [3.63, 3.8) is 0 Å². The fourth-order valence-electron chi connectivity index (χ4n) is 1.53. The lowest BCUT2D eigenvalue weighted by atomic mass is 10.2. The van der Waals surface area contributed by atoms with Gasteiger partial charge in [-0.05, 0) is 11.6 Å². The van der Waals surface area contributed by atoms with Gasteiger partial charge in [-0.3, -0.25) is 14.2 Å². The number of benzene rings is 1. The van der Waals surface area contributed by atoms with Gasteiger partial charge in [0.25, 0.3) is 11.1 Å². The van der Waals surface area contributed by atoms with Crippen molar-refractivity contribution in [3.8, 4) is 0 Å². The second-order valence-corrected chi connectivity index (χ2v) is 4.73. The molecule has 0 aliphatic carbocycles. The maximum Gasteiger partial charge on any atom is 0.264 e. The smallest absolute Gasteiger partial charge is 0.264 e. The number of hydrogen-bond acceptors (Lipinski definition) is 2. The molecule has 0 radical (unpaired) electrons. The third kappa shape index (κ3) is 6.51. The van der Waals surface area contributed by atoms with E-state index >= 15 is 0 Å². The third-order valence-corrected chi connectivity index (χ3v) is 3.05. The Kier molecular flexibility index (Phi) is 10.1. The average Bonchev–Trinajstić information content (AvgIpc) is 2.60. The Balaban J connectivity index is 0.000000705. The predicted molar refractivity (Wildman–Crippen MR) is 99.0 cm³/mol. The molecule has 2 aromatic rings. The van der Waals surface area contributed by atoms with Crippen LogP contribution in [0.2, 0.25) is 0 Å². The molecule has 2 rings (SSSR count). The molecule has 23 heavy (non-hydrogen) atoms. The van der Waals surface area contributed by atoms with Crippen molar-refractivity contribution in [2.24, 2.45) is 7.05 Å². The minimum absolute atomic E-state index is 0.117. The molecule has 1 heterocycles. The van der Waals surface area contributed by atoms with Crippen molar-refractivity contribution in [2.75, 3.05) is 0 Å². The molecule has 4 heteroatoms. The van der Waals surface area contributed by atoms with E-state index in [1.807, 2.05) is 44.2 Å². The Morgan fingerprint density at radius 3 is 2.09 bits per heavy atom. The minimum Gasteiger partial charge on any atom is -0.308 e. The highest BCUT2D eigenvalue weighted by atomic mass is 16.1. The van der Waals surface area contributed by atoms with Gasteiger partial charge in [0.2, 0.25) is 0 Å². The topological polar surface area (TPSA) is 54.9 Å². The van der Waals surface area contributed by atoms with Crippen LogP contribution < -0.4 is 21.8 Å². The van der Waals surface area contributed by atoms with Crippen LogP contribution in [-0.4, -0.2) is 9.55 Å². The normalized spacial score (nSPS) is 10.2. The van der Waals surface area contributed by atoms with Crippen LogP contribution >= 0.6 is 0 Å². The van der Waals surface area contributed by atoms with Crippen molar-refractivity contribution in [1.29, 1.82) is 0 Å². The maximum absolute atomic E-state index is 11.9. The van der Waals surface area contributed by atoms with Crippen LogP contribution in [0.1, 0.15) is 46.1 Å². The predicted octanol–water partition coefficient (Wildman–Crippen LogP) is 2.15. The highest BCUT2D eigenvalue weighted by molar-refractivity contribution is 5.48. The molecule has 0 saturated heterocycles. The van der Waals surface area contributed by atoms with Crippen LogP contribution in [0.25, 0.3) is 12.7 Å². The molecule has 0 spiro atoms. The Morgan fingerprint density at radius 1 is 1.09 bits per heavy atom. The van der Waals surface area contributed by atoms with E-state index < -0.39 is 5.56 Å². The lowest BCUT2D eigenvalue weighted by Crippen LogP contribution is -2.52. The Bertz CT molecular complexity index is 785. The van der Waals surface area contributed by atoms with Crippen molar-refractivity contribution in [3.05, 3.63) is 67.3 Å². The summed E-state index contributed by atoms with van der Waals surface area (Å²) in [6, 6.07) is 9.23. The van der Waals surface area contributed by atoms with E-state index in [0.717, 1.165) is 5.56 Å². The summed E-state index contributed by atoms with van der Waals surface area (Å²) in [5, 5.41) is 0.117. The molecule has 0 unspecified atom stereocenters. The number of nitrogens with one attached hydrogen (secondary N) is 1. The zero-order valence-corrected chi connectivity index (χ0v) is 14.8. The molecule has 0 fully saturated rings. The van der Waals surface area contributed by atoms with Crippen LogP contribution in [0, 0.1) is 0 Å². The van der Waals surface area contributed by atoms with Crippen LogP contribution in [0.15, 0.2) is 39.9 Å². The van der Waals surface area contributed by atoms with E-state index in [0.29, 0.717) is 5.48 Å². The summed E-state index contributed by atoms with van der Waals surface area (Å²) in [4.78, 5) is 26.1. The number of aromatic amines is 1. The molecule has 1 N–H and O–H groups in total. The van der Waals surface area contributed by atoms with E-state index in [-0.39, 0.29) is 10.8 Å². The summed E-state index contributed by atoms with van der Waals surface area (Å²) < 4.78 is 1.32. The molecule has 126 valence electrons. The number of nitrogens with zero attached hydrogens (tertiary/aromatic N) is 1. The second kappa shape index (κ2) is 11.2. The number of aromatic nitrogens is 2. The number of unbranched alkanes of at least 4 members (excludes halogenated alkanes) is 1. The first-order valence-electron chi connectivity index (χ1n) is 8.06. The SMILES string of the molecule is C=c1[nH]c(=O)/c(=C/c2ccccc2)c(=O)n1C.CC.CCCC. The van der Waals surface area contributed by atoms with Gasteiger partial charge in [-0.15, -0.1) is 0 Å². The summed E-state index contributed by atoms with van der Waals surface area (Å²) in [6.07, 6.45) is 4.21. The van der Waals surface area contributed by atoms with Gasteiger partial charge in [0.15, 0.2) is 0 Å². The van der Waals surface area contributed by atoms with Gasteiger partial charge < -0.3 is 4.98 Å². The van der Waals surface area contributed by atoms with Gasteiger partial charge in [0.1, 0.15) is 10.7 Å². The van der Waals surface area contributed by atoms with Gasteiger partial charge in [-0.2, -0.15) is 0 Å². The first-order valence-corrected chi connectivity index (χ1v) is 8.06. The highest BCUT2D eigenvalue weighted by Crippen LogP contribution is 1.96. The zero-order valence-electron chi connectivity index (χ0n) is 14.8.